The van der Waals surface area contributed by atoms with Crippen molar-refractivity contribution in [2.75, 3.05) is 26.3 Å². The molecule has 136 valence electrons. The van der Waals surface area contributed by atoms with Gasteiger partial charge in [0.15, 0.2) is 0 Å². The second-order valence-electron chi connectivity index (χ2n) is 9.35. The fourth-order valence-corrected chi connectivity index (χ4v) is 6.69. The van der Waals surface area contributed by atoms with Gasteiger partial charge in [-0.2, -0.15) is 0 Å². The van der Waals surface area contributed by atoms with E-state index in [4.69, 9.17) is 4.74 Å². The predicted molar refractivity (Wildman–Crippen MR) is 92.5 cm³/mol. The lowest BCUT2D eigenvalue weighted by molar-refractivity contribution is -0.172. The van der Waals surface area contributed by atoms with E-state index < -0.39 is 5.60 Å². The number of hydrogen-bond donors (Lipinski definition) is 1. The van der Waals surface area contributed by atoms with E-state index in [2.05, 4.69) is 11.8 Å². The van der Waals surface area contributed by atoms with Crippen molar-refractivity contribution in [1.82, 2.24) is 4.90 Å². The van der Waals surface area contributed by atoms with Crippen LogP contribution in [0.1, 0.15) is 64.7 Å². The van der Waals surface area contributed by atoms with E-state index in [9.17, 15) is 9.90 Å². The maximum atomic E-state index is 13.0. The molecule has 24 heavy (non-hydrogen) atoms. The van der Waals surface area contributed by atoms with Crippen LogP contribution < -0.4 is 0 Å². The number of rotatable bonds is 5. The number of amides is 1. The lowest BCUT2D eigenvalue weighted by atomic mass is 9.47. The van der Waals surface area contributed by atoms with Gasteiger partial charge >= 0.3 is 0 Å². The summed E-state index contributed by atoms with van der Waals surface area (Å²) < 4.78 is 5.45. The minimum atomic E-state index is -0.456. The molecule has 1 heterocycles. The summed E-state index contributed by atoms with van der Waals surface area (Å²) in [4.78, 5) is 15.1. The molecular weight excluding hydrogens is 302 g/mol. The van der Waals surface area contributed by atoms with E-state index in [1.165, 1.54) is 19.3 Å². The molecule has 2 unspecified atom stereocenters. The van der Waals surface area contributed by atoms with E-state index in [0.29, 0.717) is 30.1 Å². The fraction of sp³-hybridized carbons (Fsp3) is 0.950. The first kappa shape index (κ1) is 16.8. The Labute approximate surface area is 145 Å². The molecule has 1 saturated heterocycles. The summed E-state index contributed by atoms with van der Waals surface area (Å²) in [5.41, 5.74) is -0.360. The number of carbonyl (C=O) groups excluding carboxylic acids is 1. The van der Waals surface area contributed by atoms with Crippen molar-refractivity contribution < 1.29 is 14.6 Å². The molecule has 2 atom stereocenters. The van der Waals surface area contributed by atoms with Crippen LogP contribution in [0.2, 0.25) is 0 Å². The average Bonchev–Trinajstić information content (AvgIpc) is 2.50. The van der Waals surface area contributed by atoms with Gasteiger partial charge in [0.05, 0.1) is 5.60 Å². The zero-order valence-corrected chi connectivity index (χ0v) is 15.1. The minimum absolute atomic E-state index is 0.0962. The highest BCUT2D eigenvalue weighted by molar-refractivity contribution is 5.77. The maximum absolute atomic E-state index is 13.0. The number of ether oxygens (including phenoxy) is 1. The molecule has 0 aromatic carbocycles. The summed E-state index contributed by atoms with van der Waals surface area (Å²) >= 11 is 0. The smallest absolute Gasteiger partial charge is 0.223 e. The summed E-state index contributed by atoms with van der Waals surface area (Å²) in [6.07, 6.45) is 9.30. The summed E-state index contributed by atoms with van der Waals surface area (Å²) in [7, 11) is 0. The molecule has 0 radical (unpaired) electrons. The van der Waals surface area contributed by atoms with Crippen LogP contribution in [0.25, 0.3) is 0 Å². The molecule has 5 fully saturated rings. The van der Waals surface area contributed by atoms with Crippen LogP contribution in [0.4, 0.5) is 0 Å². The van der Waals surface area contributed by atoms with Crippen LogP contribution in [-0.2, 0) is 9.53 Å². The van der Waals surface area contributed by atoms with Gasteiger partial charge in [-0.1, -0.05) is 0 Å². The monoisotopic (exact) mass is 335 g/mol. The summed E-state index contributed by atoms with van der Waals surface area (Å²) in [5, 5.41) is 10.9. The second-order valence-corrected chi connectivity index (χ2v) is 9.35. The normalized spacial score (nSPS) is 41.6. The molecule has 4 bridgehead atoms. The highest BCUT2D eigenvalue weighted by Crippen LogP contribution is 2.62. The number of carbonyl (C=O) groups is 1. The maximum Gasteiger partial charge on any atom is 0.223 e. The van der Waals surface area contributed by atoms with Crippen molar-refractivity contribution in [3.8, 4) is 0 Å². The van der Waals surface area contributed by atoms with Gasteiger partial charge < -0.3 is 14.7 Å². The number of nitrogens with zero attached hydrogens (tertiary/aromatic N) is 1. The molecule has 5 aliphatic rings. The Morgan fingerprint density at radius 3 is 2.42 bits per heavy atom. The first-order valence-electron chi connectivity index (χ1n) is 10.1. The summed E-state index contributed by atoms with van der Waals surface area (Å²) in [6, 6.07) is 0. The zero-order valence-electron chi connectivity index (χ0n) is 15.1. The molecule has 0 aromatic heterocycles. The molecule has 4 saturated carbocycles. The first-order chi connectivity index (χ1) is 11.5. The van der Waals surface area contributed by atoms with Crippen molar-refractivity contribution in [1.29, 1.82) is 0 Å². The largest absolute Gasteiger partial charge is 0.390 e. The van der Waals surface area contributed by atoms with Gasteiger partial charge in [-0.05, 0) is 81.5 Å². The van der Waals surface area contributed by atoms with Gasteiger partial charge in [-0.25, -0.2) is 0 Å². The third-order valence-corrected chi connectivity index (χ3v) is 7.23. The zero-order chi connectivity index (χ0) is 16.8. The van der Waals surface area contributed by atoms with Gasteiger partial charge in [-0.15, -0.1) is 0 Å². The summed E-state index contributed by atoms with van der Waals surface area (Å²) in [6.45, 7) is 5.49. The van der Waals surface area contributed by atoms with Crippen molar-refractivity contribution >= 4 is 5.91 Å². The quantitative estimate of drug-likeness (QED) is 0.840. The molecule has 0 spiro atoms. The predicted octanol–water partition coefficient (Wildman–Crippen LogP) is 2.98. The van der Waals surface area contributed by atoms with Crippen molar-refractivity contribution in [2.45, 2.75) is 70.3 Å². The van der Waals surface area contributed by atoms with E-state index in [0.717, 1.165) is 58.4 Å². The Hall–Kier alpha value is -0.610. The third kappa shape index (κ3) is 3.24. The lowest BCUT2D eigenvalue weighted by Gasteiger charge is -2.60. The fourth-order valence-electron chi connectivity index (χ4n) is 6.69. The van der Waals surface area contributed by atoms with E-state index >= 15 is 0 Å². The standard InChI is InChI=1S/C20H33NO3/c1-2-21(13-15-3-5-24-6-4-15)18(22)12-19-8-16-7-17(9-19)11-20(23,10-16)14-19/h15-17,23H,2-14H2,1H3. The molecule has 1 N–H and O–H groups in total. The van der Waals surface area contributed by atoms with Gasteiger partial charge in [0.1, 0.15) is 0 Å². The van der Waals surface area contributed by atoms with E-state index in [1.807, 2.05) is 0 Å². The third-order valence-electron chi connectivity index (χ3n) is 7.23. The highest BCUT2D eigenvalue weighted by Gasteiger charge is 2.57. The van der Waals surface area contributed by atoms with Gasteiger partial charge in [0.25, 0.3) is 0 Å². The van der Waals surface area contributed by atoms with Crippen LogP contribution in [0.3, 0.4) is 0 Å². The van der Waals surface area contributed by atoms with Gasteiger partial charge in [-0.3, -0.25) is 4.79 Å². The Morgan fingerprint density at radius 2 is 1.83 bits per heavy atom. The highest BCUT2D eigenvalue weighted by atomic mass is 16.5. The Bertz CT molecular complexity index is 471. The van der Waals surface area contributed by atoms with Crippen LogP contribution in [-0.4, -0.2) is 47.8 Å². The van der Waals surface area contributed by atoms with Crippen LogP contribution in [0.5, 0.6) is 0 Å². The SMILES string of the molecule is CCN(CC1CCOCC1)C(=O)CC12CC3CC(CC(O)(C3)C1)C2. The molecular formula is C20H33NO3. The Morgan fingerprint density at radius 1 is 1.17 bits per heavy atom. The molecule has 4 aliphatic carbocycles. The molecule has 1 amide bonds. The second kappa shape index (κ2) is 6.28. The lowest BCUT2D eigenvalue weighted by Crippen LogP contribution is -2.56. The van der Waals surface area contributed by atoms with Crippen molar-refractivity contribution in [2.24, 2.45) is 23.2 Å². The Kier molecular flexibility index (Phi) is 4.41. The average molecular weight is 335 g/mol. The van der Waals surface area contributed by atoms with Crippen molar-refractivity contribution in [3.05, 3.63) is 0 Å². The Balaban J connectivity index is 1.41. The molecule has 0 aromatic rings. The molecule has 5 rings (SSSR count). The molecule has 4 nitrogen and oxygen atoms in total. The number of hydrogen-bond acceptors (Lipinski definition) is 3. The van der Waals surface area contributed by atoms with Gasteiger partial charge in [0.2, 0.25) is 5.91 Å². The van der Waals surface area contributed by atoms with Crippen LogP contribution >= 0.6 is 0 Å². The topological polar surface area (TPSA) is 49.8 Å². The van der Waals surface area contributed by atoms with E-state index in [1.54, 1.807) is 0 Å². The van der Waals surface area contributed by atoms with Crippen LogP contribution in [0, 0.1) is 23.2 Å². The number of aliphatic hydroxyl groups is 1. The van der Waals surface area contributed by atoms with Crippen LogP contribution in [0.15, 0.2) is 0 Å². The first-order valence-corrected chi connectivity index (χ1v) is 10.1. The molecule has 1 aliphatic heterocycles. The van der Waals surface area contributed by atoms with Crippen molar-refractivity contribution in [3.63, 3.8) is 0 Å². The minimum Gasteiger partial charge on any atom is -0.390 e. The van der Waals surface area contributed by atoms with Gasteiger partial charge in [0, 0.05) is 32.7 Å². The van der Waals surface area contributed by atoms with E-state index in [-0.39, 0.29) is 5.41 Å². The summed E-state index contributed by atoms with van der Waals surface area (Å²) in [5.74, 6) is 2.25. The molecule has 4 heteroatoms.